The number of alkyl halides is 2. The van der Waals surface area contributed by atoms with Crippen LogP contribution in [-0.2, 0) is 0 Å². The van der Waals surface area contributed by atoms with E-state index in [1.165, 1.54) is 18.2 Å². The van der Waals surface area contributed by atoms with Gasteiger partial charge in [0.2, 0.25) is 0 Å². The minimum Gasteiger partial charge on any atom is -0.205 e. The summed E-state index contributed by atoms with van der Waals surface area (Å²) in [6.07, 6.45) is -2.60. The van der Waals surface area contributed by atoms with Crippen molar-refractivity contribution in [2.24, 2.45) is 0 Å². The van der Waals surface area contributed by atoms with Gasteiger partial charge in [0.25, 0.3) is 6.43 Å². The first-order chi connectivity index (χ1) is 8.50. The Hall–Kier alpha value is -0.830. The normalized spacial score (nSPS) is 11.0. The van der Waals surface area contributed by atoms with E-state index in [1.54, 1.807) is 18.2 Å². The lowest BCUT2D eigenvalue weighted by Crippen LogP contribution is -1.91. The third-order valence-electron chi connectivity index (χ3n) is 2.49. The van der Waals surface area contributed by atoms with Crippen molar-refractivity contribution in [3.63, 3.8) is 0 Å². The Morgan fingerprint density at radius 3 is 2.28 bits per heavy atom. The summed E-state index contributed by atoms with van der Waals surface area (Å²) in [4.78, 5) is 0. The van der Waals surface area contributed by atoms with E-state index >= 15 is 0 Å². The lowest BCUT2D eigenvalue weighted by atomic mass is 10.00. The summed E-state index contributed by atoms with van der Waals surface area (Å²) in [5.74, 6) is 0. The second kappa shape index (κ2) is 5.43. The molecule has 18 heavy (non-hydrogen) atoms. The summed E-state index contributed by atoms with van der Waals surface area (Å²) in [5.41, 5.74) is 0.621. The maximum absolute atomic E-state index is 13.0. The zero-order chi connectivity index (χ0) is 13.3. The molecule has 0 radical (unpaired) electrons. The molecular formula is C13H7Cl3F2. The van der Waals surface area contributed by atoms with E-state index in [0.717, 1.165) is 0 Å². The molecule has 2 aromatic rings. The van der Waals surface area contributed by atoms with Crippen LogP contribution in [0.1, 0.15) is 12.0 Å². The molecule has 0 saturated carbocycles. The van der Waals surface area contributed by atoms with E-state index in [2.05, 4.69) is 0 Å². The molecule has 0 amide bonds. The van der Waals surface area contributed by atoms with Gasteiger partial charge in [-0.1, -0.05) is 53.0 Å². The molecule has 94 valence electrons. The number of rotatable bonds is 2. The predicted molar refractivity (Wildman–Crippen MR) is 71.9 cm³/mol. The molecule has 0 aromatic heterocycles. The first-order valence-electron chi connectivity index (χ1n) is 5.02. The molecule has 0 saturated heterocycles. The zero-order valence-electron chi connectivity index (χ0n) is 8.93. The maximum Gasteiger partial charge on any atom is 0.264 e. The number of hydrogen-bond donors (Lipinski definition) is 0. The lowest BCUT2D eigenvalue weighted by Gasteiger charge is -2.12. The van der Waals surface area contributed by atoms with Crippen LogP contribution in [0.5, 0.6) is 0 Å². The Balaban J connectivity index is 2.69. The van der Waals surface area contributed by atoms with Gasteiger partial charge >= 0.3 is 0 Å². The standard InChI is InChI=1S/C13H7Cl3F2/c14-7-4-5-9(13(17)18)10(6-7)8-2-1-3-11(15)12(8)16/h1-6,13H. The Morgan fingerprint density at radius 1 is 0.889 bits per heavy atom. The molecule has 0 heterocycles. The average Bonchev–Trinajstić information content (AvgIpc) is 2.32. The van der Waals surface area contributed by atoms with Gasteiger partial charge in [0.05, 0.1) is 10.0 Å². The van der Waals surface area contributed by atoms with Crippen LogP contribution in [-0.4, -0.2) is 0 Å². The molecule has 0 spiro atoms. The van der Waals surface area contributed by atoms with E-state index in [4.69, 9.17) is 34.8 Å². The molecule has 2 rings (SSSR count). The minimum absolute atomic E-state index is 0.122. The summed E-state index contributed by atoms with van der Waals surface area (Å²) in [5, 5.41) is 0.920. The first-order valence-corrected chi connectivity index (χ1v) is 6.16. The van der Waals surface area contributed by atoms with Gasteiger partial charge < -0.3 is 0 Å². The summed E-state index contributed by atoms with van der Waals surface area (Å²) >= 11 is 17.8. The Morgan fingerprint density at radius 2 is 1.61 bits per heavy atom. The molecule has 0 aliphatic rings. The van der Waals surface area contributed by atoms with Crippen molar-refractivity contribution in [3.8, 4) is 11.1 Å². The average molecular weight is 308 g/mol. The smallest absolute Gasteiger partial charge is 0.205 e. The lowest BCUT2D eigenvalue weighted by molar-refractivity contribution is 0.152. The van der Waals surface area contributed by atoms with Gasteiger partial charge in [0.15, 0.2) is 0 Å². The minimum atomic E-state index is -2.60. The molecule has 2 aromatic carbocycles. The zero-order valence-corrected chi connectivity index (χ0v) is 11.2. The monoisotopic (exact) mass is 306 g/mol. The first kappa shape index (κ1) is 13.6. The van der Waals surface area contributed by atoms with Gasteiger partial charge in [-0.2, -0.15) is 0 Å². The number of hydrogen-bond acceptors (Lipinski definition) is 0. The molecule has 0 nitrogen and oxygen atoms in total. The van der Waals surface area contributed by atoms with Crippen molar-refractivity contribution in [1.82, 2.24) is 0 Å². The van der Waals surface area contributed by atoms with E-state index in [-0.39, 0.29) is 10.6 Å². The Labute approximate surface area is 118 Å². The Kier molecular flexibility index (Phi) is 4.10. The van der Waals surface area contributed by atoms with Crippen molar-refractivity contribution in [1.29, 1.82) is 0 Å². The summed E-state index contributed by atoms with van der Waals surface area (Å²) in [6.45, 7) is 0. The van der Waals surface area contributed by atoms with Crippen molar-refractivity contribution in [2.45, 2.75) is 6.43 Å². The van der Waals surface area contributed by atoms with Crippen molar-refractivity contribution < 1.29 is 8.78 Å². The third kappa shape index (κ3) is 2.61. The quantitative estimate of drug-likeness (QED) is 0.615. The van der Waals surface area contributed by atoms with Crippen LogP contribution in [0.4, 0.5) is 8.78 Å². The highest BCUT2D eigenvalue weighted by atomic mass is 35.5. The van der Waals surface area contributed by atoms with Gasteiger partial charge in [0, 0.05) is 16.1 Å². The van der Waals surface area contributed by atoms with Crippen LogP contribution in [0.3, 0.4) is 0 Å². The maximum atomic E-state index is 13.0. The molecule has 0 aliphatic carbocycles. The van der Waals surface area contributed by atoms with Crippen LogP contribution in [0, 0.1) is 0 Å². The fourth-order valence-electron chi connectivity index (χ4n) is 1.66. The molecule has 0 N–H and O–H groups in total. The van der Waals surface area contributed by atoms with E-state index in [9.17, 15) is 8.78 Å². The molecular weight excluding hydrogens is 300 g/mol. The molecule has 5 heteroatoms. The van der Waals surface area contributed by atoms with Gasteiger partial charge in [-0.3, -0.25) is 0 Å². The number of halogens is 5. The third-order valence-corrected chi connectivity index (χ3v) is 3.55. The highest BCUT2D eigenvalue weighted by Gasteiger charge is 2.17. The second-order valence-corrected chi connectivity index (χ2v) is 4.86. The van der Waals surface area contributed by atoms with Gasteiger partial charge in [-0.15, -0.1) is 0 Å². The topological polar surface area (TPSA) is 0 Å². The van der Waals surface area contributed by atoms with Crippen molar-refractivity contribution in [3.05, 3.63) is 57.0 Å². The van der Waals surface area contributed by atoms with Crippen LogP contribution in [0.15, 0.2) is 36.4 Å². The summed E-state index contributed by atoms with van der Waals surface area (Å²) < 4.78 is 25.9. The summed E-state index contributed by atoms with van der Waals surface area (Å²) in [7, 11) is 0. The SMILES string of the molecule is FC(F)c1ccc(Cl)cc1-c1cccc(Cl)c1Cl. The van der Waals surface area contributed by atoms with Crippen LogP contribution in [0.2, 0.25) is 15.1 Å². The fourth-order valence-corrected chi connectivity index (χ4v) is 2.24. The van der Waals surface area contributed by atoms with E-state index in [0.29, 0.717) is 21.2 Å². The predicted octanol–water partition coefficient (Wildman–Crippen LogP) is 6.25. The molecule has 0 fully saturated rings. The van der Waals surface area contributed by atoms with Crippen LogP contribution in [0.25, 0.3) is 11.1 Å². The van der Waals surface area contributed by atoms with Crippen LogP contribution >= 0.6 is 34.8 Å². The van der Waals surface area contributed by atoms with Crippen molar-refractivity contribution in [2.75, 3.05) is 0 Å². The molecule has 0 aliphatic heterocycles. The summed E-state index contributed by atoms with van der Waals surface area (Å²) in [6, 6.07) is 9.05. The molecule has 0 bridgehead atoms. The van der Waals surface area contributed by atoms with E-state index < -0.39 is 6.43 Å². The Bertz CT molecular complexity index is 582. The number of benzene rings is 2. The van der Waals surface area contributed by atoms with Gasteiger partial charge in [-0.25, -0.2) is 8.78 Å². The van der Waals surface area contributed by atoms with Crippen molar-refractivity contribution >= 4 is 34.8 Å². The largest absolute Gasteiger partial charge is 0.264 e. The molecule has 0 unspecified atom stereocenters. The molecule has 0 atom stereocenters. The van der Waals surface area contributed by atoms with Gasteiger partial charge in [0.1, 0.15) is 0 Å². The second-order valence-electron chi connectivity index (χ2n) is 3.63. The highest BCUT2D eigenvalue weighted by Crippen LogP contribution is 2.39. The highest BCUT2D eigenvalue weighted by molar-refractivity contribution is 6.43. The van der Waals surface area contributed by atoms with E-state index in [1.807, 2.05) is 0 Å². The van der Waals surface area contributed by atoms with Crippen LogP contribution < -0.4 is 0 Å². The fraction of sp³-hybridized carbons (Fsp3) is 0.0769. The van der Waals surface area contributed by atoms with Gasteiger partial charge in [-0.05, 0) is 23.8 Å².